The van der Waals surface area contributed by atoms with E-state index in [0.717, 1.165) is 5.69 Å². The van der Waals surface area contributed by atoms with Gasteiger partial charge < -0.3 is 14.6 Å². The highest BCUT2D eigenvalue weighted by Crippen LogP contribution is 2.22. The van der Waals surface area contributed by atoms with Crippen LogP contribution in [-0.2, 0) is 28.4 Å². The second-order valence-corrected chi connectivity index (χ2v) is 7.74. The summed E-state index contributed by atoms with van der Waals surface area (Å²) in [6.07, 6.45) is 1.69. The molecule has 0 aromatic carbocycles. The van der Waals surface area contributed by atoms with E-state index in [1.165, 1.54) is 4.31 Å². The van der Waals surface area contributed by atoms with Gasteiger partial charge in [0.25, 0.3) is 0 Å². The number of ether oxygens (including phenoxy) is 1. The molecule has 1 N–H and O–H groups in total. The number of nitrogens with zero attached hydrogens (tertiary/aromatic N) is 2. The van der Waals surface area contributed by atoms with E-state index in [1.54, 1.807) is 12.3 Å². The molecular formula is C14H25N3O3S. The van der Waals surface area contributed by atoms with Crippen molar-refractivity contribution >= 4 is 10.0 Å². The lowest BCUT2D eigenvalue weighted by Gasteiger charge is -2.31. The maximum atomic E-state index is 12.7. The van der Waals surface area contributed by atoms with Crippen molar-refractivity contribution in [2.24, 2.45) is 7.05 Å². The van der Waals surface area contributed by atoms with Crippen molar-refractivity contribution in [3.8, 4) is 0 Å². The van der Waals surface area contributed by atoms with Gasteiger partial charge in [0.2, 0.25) is 10.0 Å². The fourth-order valence-corrected chi connectivity index (χ4v) is 4.10. The van der Waals surface area contributed by atoms with E-state index in [9.17, 15) is 8.42 Å². The van der Waals surface area contributed by atoms with Gasteiger partial charge in [0.1, 0.15) is 4.90 Å². The highest BCUT2D eigenvalue weighted by Gasteiger charge is 2.32. The Morgan fingerprint density at radius 3 is 2.81 bits per heavy atom. The summed E-state index contributed by atoms with van der Waals surface area (Å²) in [5.74, 6) is 0. The molecule has 0 spiro atoms. The summed E-state index contributed by atoms with van der Waals surface area (Å²) >= 11 is 0. The van der Waals surface area contributed by atoms with Gasteiger partial charge in [-0.1, -0.05) is 13.8 Å². The van der Waals surface area contributed by atoms with Gasteiger partial charge in [-0.25, -0.2) is 8.42 Å². The van der Waals surface area contributed by atoms with Crippen molar-refractivity contribution in [1.82, 2.24) is 14.2 Å². The molecule has 0 radical (unpaired) electrons. The lowest BCUT2D eigenvalue weighted by molar-refractivity contribution is 0.0393. The average Bonchev–Trinajstić information content (AvgIpc) is 2.79. The van der Waals surface area contributed by atoms with Gasteiger partial charge in [-0.15, -0.1) is 0 Å². The van der Waals surface area contributed by atoms with Gasteiger partial charge in [0.05, 0.1) is 13.2 Å². The molecule has 1 unspecified atom stereocenters. The van der Waals surface area contributed by atoms with Crippen LogP contribution in [0.1, 0.15) is 26.5 Å². The van der Waals surface area contributed by atoms with Gasteiger partial charge in [-0.2, -0.15) is 4.31 Å². The van der Waals surface area contributed by atoms with Crippen molar-refractivity contribution in [3.05, 3.63) is 18.0 Å². The zero-order valence-corrected chi connectivity index (χ0v) is 14.0. The van der Waals surface area contributed by atoms with E-state index in [1.807, 2.05) is 18.5 Å². The summed E-state index contributed by atoms with van der Waals surface area (Å²) in [7, 11) is -1.57. The minimum absolute atomic E-state index is 0.124. The van der Waals surface area contributed by atoms with Crippen molar-refractivity contribution in [2.45, 2.75) is 44.3 Å². The van der Waals surface area contributed by atoms with Gasteiger partial charge >= 0.3 is 0 Å². The first kappa shape index (κ1) is 16.5. The second-order valence-electron chi connectivity index (χ2n) is 5.85. The first-order valence-corrected chi connectivity index (χ1v) is 8.74. The van der Waals surface area contributed by atoms with Crippen LogP contribution < -0.4 is 5.32 Å². The normalized spacial score (nSPS) is 21.1. The van der Waals surface area contributed by atoms with Crippen molar-refractivity contribution < 1.29 is 13.2 Å². The van der Waals surface area contributed by atoms with Crippen LogP contribution in [0.2, 0.25) is 0 Å². The van der Waals surface area contributed by atoms with E-state index in [4.69, 9.17) is 4.74 Å². The third kappa shape index (κ3) is 3.66. The monoisotopic (exact) mass is 315 g/mol. The number of sulfonamides is 1. The van der Waals surface area contributed by atoms with Crippen LogP contribution in [0.4, 0.5) is 0 Å². The second kappa shape index (κ2) is 6.48. The van der Waals surface area contributed by atoms with E-state index in [-0.39, 0.29) is 6.04 Å². The third-order valence-corrected chi connectivity index (χ3v) is 5.67. The van der Waals surface area contributed by atoms with Gasteiger partial charge in [0.15, 0.2) is 0 Å². The Hall–Kier alpha value is -0.890. The largest absolute Gasteiger partial charge is 0.378 e. The number of aryl methyl sites for hydroxylation is 1. The highest BCUT2D eigenvalue weighted by molar-refractivity contribution is 7.89. The molecule has 0 saturated carbocycles. The van der Waals surface area contributed by atoms with Crippen LogP contribution in [0.15, 0.2) is 17.2 Å². The van der Waals surface area contributed by atoms with Crippen LogP contribution in [0.5, 0.6) is 0 Å². The predicted molar refractivity (Wildman–Crippen MR) is 81.6 cm³/mol. The highest BCUT2D eigenvalue weighted by atomic mass is 32.2. The summed E-state index contributed by atoms with van der Waals surface area (Å²) < 4.78 is 34.2. The lowest BCUT2D eigenvalue weighted by atomic mass is 10.3. The zero-order valence-electron chi connectivity index (χ0n) is 13.2. The molecule has 1 atom stereocenters. The SMILES string of the molecule is CC(C)NCc1cc(S(=O)(=O)N2CCOCC2C)cn1C. The topological polar surface area (TPSA) is 63.6 Å². The predicted octanol–water partition coefficient (Wildman–Crippen LogP) is 0.932. The Kier molecular flexibility index (Phi) is 5.08. The Balaban J connectivity index is 2.22. The molecule has 21 heavy (non-hydrogen) atoms. The van der Waals surface area contributed by atoms with E-state index in [2.05, 4.69) is 19.2 Å². The van der Waals surface area contributed by atoms with E-state index >= 15 is 0 Å². The Morgan fingerprint density at radius 2 is 2.19 bits per heavy atom. The van der Waals surface area contributed by atoms with Gasteiger partial charge in [-0.3, -0.25) is 0 Å². The molecule has 6 nitrogen and oxygen atoms in total. The Labute approximate surface area is 127 Å². The smallest absolute Gasteiger partial charge is 0.244 e. The molecule has 0 aliphatic carbocycles. The first-order chi connectivity index (χ1) is 9.82. The molecule has 1 saturated heterocycles. The summed E-state index contributed by atoms with van der Waals surface area (Å²) in [4.78, 5) is 0.360. The molecule has 7 heteroatoms. The summed E-state index contributed by atoms with van der Waals surface area (Å²) in [5.41, 5.74) is 0.961. The molecule has 1 aromatic heterocycles. The van der Waals surface area contributed by atoms with Crippen LogP contribution in [0.3, 0.4) is 0 Å². The molecule has 1 aliphatic heterocycles. The van der Waals surface area contributed by atoms with Crippen LogP contribution in [0, 0.1) is 0 Å². The average molecular weight is 315 g/mol. The molecule has 2 heterocycles. The van der Waals surface area contributed by atoms with Gasteiger partial charge in [0, 0.05) is 44.1 Å². The quantitative estimate of drug-likeness (QED) is 0.878. The summed E-state index contributed by atoms with van der Waals surface area (Å²) in [6.45, 7) is 7.99. The van der Waals surface area contributed by atoms with Crippen molar-refractivity contribution in [2.75, 3.05) is 19.8 Å². The molecule has 1 aliphatic rings. The third-order valence-electron chi connectivity index (χ3n) is 3.69. The number of nitrogens with one attached hydrogen (secondary N) is 1. The zero-order chi connectivity index (χ0) is 15.6. The maximum absolute atomic E-state index is 12.7. The first-order valence-electron chi connectivity index (χ1n) is 7.30. The van der Waals surface area contributed by atoms with E-state index in [0.29, 0.717) is 37.2 Å². The van der Waals surface area contributed by atoms with E-state index < -0.39 is 10.0 Å². The molecule has 2 rings (SSSR count). The molecule has 1 fully saturated rings. The Bertz CT molecular complexity index is 580. The fourth-order valence-electron chi connectivity index (χ4n) is 2.41. The summed E-state index contributed by atoms with van der Waals surface area (Å²) in [6, 6.07) is 1.99. The summed E-state index contributed by atoms with van der Waals surface area (Å²) in [5, 5.41) is 3.31. The molecule has 0 bridgehead atoms. The van der Waals surface area contributed by atoms with Crippen LogP contribution in [0.25, 0.3) is 0 Å². The number of rotatable bonds is 5. The van der Waals surface area contributed by atoms with Crippen LogP contribution in [-0.4, -0.2) is 49.1 Å². The minimum atomic E-state index is -3.45. The lowest BCUT2D eigenvalue weighted by Crippen LogP contribution is -2.46. The Morgan fingerprint density at radius 1 is 1.48 bits per heavy atom. The number of aromatic nitrogens is 1. The molecule has 0 amide bonds. The molecule has 1 aromatic rings. The number of hydrogen-bond donors (Lipinski definition) is 1. The molecular weight excluding hydrogens is 290 g/mol. The molecule has 120 valence electrons. The number of hydrogen-bond acceptors (Lipinski definition) is 4. The van der Waals surface area contributed by atoms with Crippen LogP contribution >= 0.6 is 0 Å². The number of morpholine rings is 1. The van der Waals surface area contributed by atoms with Crippen molar-refractivity contribution in [3.63, 3.8) is 0 Å². The maximum Gasteiger partial charge on any atom is 0.244 e. The minimum Gasteiger partial charge on any atom is -0.378 e. The van der Waals surface area contributed by atoms with Gasteiger partial charge in [-0.05, 0) is 13.0 Å². The fraction of sp³-hybridized carbons (Fsp3) is 0.714. The standard InChI is InChI=1S/C14H25N3O3S/c1-11(2)15-8-13-7-14(9-16(13)4)21(18,19)17-5-6-20-10-12(17)3/h7,9,11-12,15H,5-6,8,10H2,1-4H3. The van der Waals surface area contributed by atoms with Crippen molar-refractivity contribution in [1.29, 1.82) is 0 Å².